The van der Waals surface area contributed by atoms with Crippen LogP contribution in [-0.2, 0) is 13.1 Å². The molecule has 17 heavy (non-hydrogen) atoms. The molecule has 2 heterocycles. The van der Waals surface area contributed by atoms with E-state index in [2.05, 4.69) is 30.4 Å². The summed E-state index contributed by atoms with van der Waals surface area (Å²) in [6, 6.07) is 2.25. The number of hydrogen-bond donors (Lipinski definition) is 1. The molecule has 0 bridgehead atoms. The van der Waals surface area contributed by atoms with E-state index < -0.39 is 0 Å². The minimum absolute atomic E-state index is 0.817. The van der Waals surface area contributed by atoms with E-state index in [1.54, 1.807) is 0 Å². The van der Waals surface area contributed by atoms with E-state index in [4.69, 9.17) is 4.52 Å². The Bertz CT molecular complexity index is 474. The second-order valence-corrected chi connectivity index (χ2v) is 5.70. The highest BCUT2D eigenvalue weighted by Crippen LogP contribution is 2.20. The van der Waals surface area contributed by atoms with Gasteiger partial charge >= 0.3 is 0 Å². The number of nitrogens with zero attached hydrogens (tertiary/aromatic N) is 1. The molecule has 2 rings (SSSR count). The van der Waals surface area contributed by atoms with Crippen molar-refractivity contribution < 1.29 is 4.52 Å². The average molecular weight is 250 g/mol. The van der Waals surface area contributed by atoms with Crippen LogP contribution in [0.2, 0.25) is 0 Å². The van der Waals surface area contributed by atoms with Crippen molar-refractivity contribution in [2.24, 2.45) is 0 Å². The number of nitrogens with one attached hydrogen (secondary N) is 1. The summed E-state index contributed by atoms with van der Waals surface area (Å²) < 4.78 is 5.13. The second kappa shape index (κ2) is 5.02. The van der Waals surface area contributed by atoms with Crippen molar-refractivity contribution in [3.8, 4) is 0 Å². The first-order chi connectivity index (χ1) is 8.08. The zero-order chi connectivity index (χ0) is 12.4. The fourth-order valence-corrected chi connectivity index (χ4v) is 2.82. The SMILES string of the molecule is Cc1cc(CNCc2c(C)noc2C)sc1C. The predicted octanol–water partition coefficient (Wildman–Crippen LogP) is 3.26. The van der Waals surface area contributed by atoms with Crippen molar-refractivity contribution in [3.05, 3.63) is 38.4 Å². The quantitative estimate of drug-likeness (QED) is 0.905. The van der Waals surface area contributed by atoms with Crippen molar-refractivity contribution >= 4 is 11.3 Å². The van der Waals surface area contributed by atoms with Gasteiger partial charge in [0, 0.05) is 28.4 Å². The third-order valence-corrected chi connectivity index (χ3v) is 4.15. The maximum atomic E-state index is 5.13. The summed E-state index contributed by atoms with van der Waals surface area (Å²) in [5.41, 5.74) is 3.53. The molecule has 0 saturated heterocycles. The van der Waals surface area contributed by atoms with Crippen LogP contribution in [0.15, 0.2) is 10.6 Å². The summed E-state index contributed by atoms with van der Waals surface area (Å²) in [4.78, 5) is 2.78. The van der Waals surface area contributed by atoms with Gasteiger partial charge in [-0.2, -0.15) is 0 Å². The molecular formula is C13H18N2OS. The van der Waals surface area contributed by atoms with Gasteiger partial charge in [-0.1, -0.05) is 5.16 Å². The molecule has 0 unspecified atom stereocenters. The molecule has 0 spiro atoms. The zero-order valence-corrected chi connectivity index (χ0v) is 11.6. The molecule has 0 amide bonds. The Morgan fingerprint density at radius 3 is 2.53 bits per heavy atom. The number of rotatable bonds is 4. The molecule has 0 saturated carbocycles. The molecule has 0 atom stereocenters. The van der Waals surface area contributed by atoms with Crippen LogP contribution in [0, 0.1) is 27.7 Å². The van der Waals surface area contributed by atoms with Gasteiger partial charge < -0.3 is 9.84 Å². The maximum absolute atomic E-state index is 5.13. The minimum Gasteiger partial charge on any atom is -0.361 e. The summed E-state index contributed by atoms with van der Waals surface area (Å²) in [5.74, 6) is 0.911. The highest BCUT2D eigenvalue weighted by atomic mass is 32.1. The Morgan fingerprint density at radius 1 is 1.24 bits per heavy atom. The first-order valence-corrected chi connectivity index (χ1v) is 6.58. The molecule has 0 fully saturated rings. The minimum atomic E-state index is 0.817. The molecule has 0 aliphatic rings. The number of hydrogen-bond acceptors (Lipinski definition) is 4. The van der Waals surface area contributed by atoms with Gasteiger partial charge in [-0.25, -0.2) is 0 Å². The van der Waals surface area contributed by atoms with Gasteiger partial charge in [-0.3, -0.25) is 0 Å². The Morgan fingerprint density at radius 2 is 2.00 bits per heavy atom. The zero-order valence-electron chi connectivity index (χ0n) is 10.8. The highest BCUT2D eigenvalue weighted by Gasteiger charge is 2.08. The van der Waals surface area contributed by atoms with Crippen molar-refractivity contribution in [2.75, 3.05) is 0 Å². The molecule has 0 radical (unpaired) electrons. The highest BCUT2D eigenvalue weighted by molar-refractivity contribution is 7.12. The molecule has 0 aromatic carbocycles. The first-order valence-electron chi connectivity index (χ1n) is 5.76. The maximum Gasteiger partial charge on any atom is 0.138 e. The molecule has 2 aromatic rings. The van der Waals surface area contributed by atoms with E-state index in [1.807, 2.05) is 25.2 Å². The predicted molar refractivity (Wildman–Crippen MR) is 70.3 cm³/mol. The number of thiophene rings is 1. The Labute approximate surface area is 106 Å². The smallest absolute Gasteiger partial charge is 0.138 e. The normalized spacial score (nSPS) is 11.1. The van der Waals surface area contributed by atoms with Crippen molar-refractivity contribution in [1.29, 1.82) is 0 Å². The average Bonchev–Trinajstić information content (AvgIpc) is 2.75. The van der Waals surface area contributed by atoms with E-state index in [9.17, 15) is 0 Å². The molecule has 4 heteroatoms. The lowest BCUT2D eigenvalue weighted by atomic mass is 10.2. The van der Waals surface area contributed by atoms with Gasteiger partial charge in [0.15, 0.2) is 0 Å². The van der Waals surface area contributed by atoms with Gasteiger partial charge in [0.05, 0.1) is 5.69 Å². The van der Waals surface area contributed by atoms with Crippen LogP contribution in [-0.4, -0.2) is 5.16 Å². The van der Waals surface area contributed by atoms with Crippen molar-refractivity contribution in [1.82, 2.24) is 10.5 Å². The Hall–Kier alpha value is -1.13. The second-order valence-electron chi connectivity index (χ2n) is 4.36. The first kappa shape index (κ1) is 12.3. The lowest BCUT2D eigenvalue weighted by Crippen LogP contribution is -2.12. The van der Waals surface area contributed by atoms with Gasteiger partial charge in [0.2, 0.25) is 0 Å². The van der Waals surface area contributed by atoms with Gasteiger partial charge in [-0.15, -0.1) is 11.3 Å². The lowest BCUT2D eigenvalue weighted by molar-refractivity contribution is 0.392. The molecule has 0 aliphatic heterocycles. The van der Waals surface area contributed by atoms with Crippen LogP contribution >= 0.6 is 11.3 Å². The van der Waals surface area contributed by atoms with Crippen molar-refractivity contribution in [3.63, 3.8) is 0 Å². The van der Waals surface area contributed by atoms with Crippen LogP contribution in [0.4, 0.5) is 0 Å². The third-order valence-electron chi connectivity index (χ3n) is 3.00. The molecule has 1 N–H and O–H groups in total. The Kier molecular flexibility index (Phi) is 3.64. The molecule has 2 aromatic heterocycles. The fraction of sp³-hybridized carbons (Fsp3) is 0.462. The Balaban J connectivity index is 1.92. The third kappa shape index (κ3) is 2.76. The summed E-state index contributed by atoms with van der Waals surface area (Å²) in [5, 5.41) is 7.38. The van der Waals surface area contributed by atoms with Crippen molar-refractivity contribution in [2.45, 2.75) is 40.8 Å². The molecular weight excluding hydrogens is 232 g/mol. The molecule has 92 valence electrons. The fourth-order valence-electron chi connectivity index (χ4n) is 1.80. The molecule has 3 nitrogen and oxygen atoms in total. The summed E-state index contributed by atoms with van der Waals surface area (Å²) in [6.07, 6.45) is 0. The summed E-state index contributed by atoms with van der Waals surface area (Å²) in [7, 11) is 0. The van der Waals surface area contributed by atoms with E-state index in [1.165, 1.54) is 20.9 Å². The standard InChI is InChI=1S/C13H18N2OS/c1-8-5-12(17-11(8)4)6-14-7-13-9(2)15-16-10(13)3/h5,14H,6-7H2,1-4H3. The summed E-state index contributed by atoms with van der Waals surface area (Å²) >= 11 is 1.86. The van der Waals surface area contributed by atoms with E-state index in [0.717, 1.165) is 24.5 Å². The van der Waals surface area contributed by atoms with Crippen LogP contribution in [0.1, 0.15) is 32.3 Å². The van der Waals surface area contributed by atoms with Crippen LogP contribution in [0.5, 0.6) is 0 Å². The van der Waals surface area contributed by atoms with E-state index in [0.29, 0.717) is 0 Å². The largest absolute Gasteiger partial charge is 0.361 e. The van der Waals surface area contributed by atoms with Gasteiger partial charge in [0.25, 0.3) is 0 Å². The topological polar surface area (TPSA) is 38.1 Å². The van der Waals surface area contributed by atoms with Gasteiger partial charge in [0.1, 0.15) is 5.76 Å². The van der Waals surface area contributed by atoms with Crippen LogP contribution in [0.3, 0.4) is 0 Å². The van der Waals surface area contributed by atoms with Crippen LogP contribution < -0.4 is 5.32 Å². The summed E-state index contributed by atoms with van der Waals surface area (Å²) in [6.45, 7) is 9.98. The van der Waals surface area contributed by atoms with Crippen LogP contribution in [0.25, 0.3) is 0 Å². The number of aromatic nitrogens is 1. The van der Waals surface area contributed by atoms with E-state index >= 15 is 0 Å². The lowest BCUT2D eigenvalue weighted by Gasteiger charge is -2.02. The number of aryl methyl sites for hydroxylation is 4. The monoisotopic (exact) mass is 250 g/mol. The van der Waals surface area contributed by atoms with E-state index in [-0.39, 0.29) is 0 Å². The van der Waals surface area contributed by atoms with Gasteiger partial charge in [-0.05, 0) is 39.3 Å². The molecule has 0 aliphatic carbocycles.